The van der Waals surface area contributed by atoms with Crippen LogP contribution in [0.2, 0.25) is 13.1 Å². The number of unbranched alkanes of at least 4 members (excludes halogenated alkanes) is 2. The van der Waals surface area contributed by atoms with E-state index in [1.165, 1.54) is 5.56 Å². The van der Waals surface area contributed by atoms with Crippen LogP contribution >= 0.6 is 0 Å². The Morgan fingerprint density at radius 1 is 1.22 bits per heavy atom. The van der Waals surface area contributed by atoms with E-state index in [1.807, 2.05) is 12.3 Å². The standard InChI is InChI=1S/C14H22N2OSi/c1-18(2)16(15-11-7-4-8-12-17)13-14-9-5-3-6-10-14/h3,5-6,9-12,18H,4,7-8,13H2,1-2H3. The normalized spacial score (nSPS) is 11.1. The van der Waals surface area contributed by atoms with Gasteiger partial charge in [-0.25, -0.2) is 0 Å². The van der Waals surface area contributed by atoms with Crippen molar-refractivity contribution in [1.29, 1.82) is 0 Å². The first kappa shape index (κ1) is 14.6. The number of carbonyl (C=O) groups excluding carboxylic acids is 1. The number of hydrogen-bond acceptors (Lipinski definition) is 3. The Hall–Kier alpha value is -1.42. The lowest BCUT2D eigenvalue weighted by atomic mass is 10.2. The third-order valence-electron chi connectivity index (χ3n) is 2.67. The largest absolute Gasteiger partial charge is 0.324 e. The van der Waals surface area contributed by atoms with Gasteiger partial charge in [-0.1, -0.05) is 43.4 Å². The lowest BCUT2D eigenvalue weighted by Gasteiger charge is -2.22. The summed E-state index contributed by atoms with van der Waals surface area (Å²) in [5, 5.41) is 4.54. The van der Waals surface area contributed by atoms with Crippen molar-refractivity contribution < 1.29 is 4.79 Å². The van der Waals surface area contributed by atoms with Crippen molar-refractivity contribution in [3.8, 4) is 0 Å². The molecule has 18 heavy (non-hydrogen) atoms. The molecule has 0 spiro atoms. The first-order chi connectivity index (χ1) is 8.74. The molecular weight excluding hydrogens is 240 g/mol. The number of hydrogen-bond donors (Lipinski definition) is 0. The zero-order valence-corrected chi connectivity index (χ0v) is 12.4. The molecule has 0 amide bonds. The summed E-state index contributed by atoms with van der Waals surface area (Å²) >= 11 is 0. The molecule has 0 fully saturated rings. The van der Waals surface area contributed by atoms with Crippen LogP contribution in [0.25, 0.3) is 0 Å². The van der Waals surface area contributed by atoms with Crippen molar-refractivity contribution >= 4 is 21.5 Å². The van der Waals surface area contributed by atoms with E-state index in [-0.39, 0.29) is 0 Å². The second kappa shape index (κ2) is 8.64. The Morgan fingerprint density at radius 2 is 1.94 bits per heavy atom. The lowest BCUT2D eigenvalue weighted by Crippen LogP contribution is -2.29. The summed E-state index contributed by atoms with van der Waals surface area (Å²) in [6, 6.07) is 10.4. The van der Waals surface area contributed by atoms with Crippen LogP contribution in [0.1, 0.15) is 24.8 Å². The molecule has 1 rings (SSSR count). The molecule has 0 aromatic heterocycles. The van der Waals surface area contributed by atoms with Crippen molar-refractivity contribution in [2.75, 3.05) is 0 Å². The summed E-state index contributed by atoms with van der Waals surface area (Å²) in [5.41, 5.74) is 1.30. The monoisotopic (exact) mass is 262 g/mol. The zero-order valence-electron chi connectivity index (χ0n) is 11.2. The summed E-state index contributed by atoms with van der Waals surface area (Å²) in [6.45, 7) is 5.42. The van der Waals surface area contributed by atoms with Gasteiger partial charge >= 0.3 is 0 Å². The molecule has 0 aliphatic carbocycles. The van der Waals surface area contributed by atoms with E-state index in [4.69, 9.17) is 0 Å². The van der Waals surface area contributed by atoms with Gasteiger partial charge in [0.15, 0.2) is 8.96 Å². The Kier molecular flexibility index (Phi) is 7.02. The smallest absolute Gasteiger partial charge is 0.157 e. The molecule has 98 valence electrons. The molecule has 4 heteroatoms. The second-order valence-electron chi connectivity index (χ2n) is 4.57. The van der Waals surface area contributed by atoms with E-state index >= 15 is 0 Å². The minimum absolute atomic E-state index is 0.629. The molecule has 0 radical (unpaired) electrons. The van der Waals surface area contributed by atoms with Crippen LogP contribution in [0.4, 0.5) is 0 Å². The van der Waals surface area contributed by atoms with Crippen LogP contribution in [-0.2, 0) is 11.3 Å². The van der Waals surface area contributed by atoms with E-state index < -0.39 is 8.96 Å². The number of benzene rings is 1. The minimum atomic E-state index is -0.948. The fraction of sp³-hybridized carbons (Fsp3) is 0.429. The highest BCUT2D eigenvalue weighted by Crippen LogP contribution is 2.07. The highest BCUT2D eigenvalue weighted by Gasteiger charge is 2.07. The van der Waals surface area contributed by atoms with Gasteiger partial charge in [0.1, 0.15) is 6.29 Å². The van der Waals surface area contributed by atoms with Gasteiger partial charge in [-0.3, -0.25) is 0 Å². The number of aldehydes is 1. The van der Waals surface area contributed by atoms with Crippen LogP contribution in [0, 0.1) is 0 Å². The fourth-order valence-electron chi connectivity index (χ4n) is 1.58. The molecule has 0 aliphatic rings. The molecule has 0 unspecified atom stereocenters. The van der Waals surface area contributed by atoms with Gasteiger partial charge in [-0.15, -0.1) is 0 Å². The summed E-state index contributed by atoms with van der Waals surface area (Å²) in [5.74, 6) is 0. The van der Waals surface area contributed by atoms with E-state index in [0.29, 0.717) is 6.42 Å². The van der Waals surface area contributed by atoms with E-state index in [1.54, 1.807) is 0 Å². The third kappa shape index (κ3) is 5.77. The van der Waals surface area contributed by atoms with Gasteiger partial charge in [-0.2, -0.15) is 5.10 Å². The van der Waals surface area contributed by atoms with Crippen molar-refractivity contribution in [2.45, 2.75) is 38.9 Å². The lowest BCUT2D eigenvalue weighted by molar-refractivity contribution is -0.107. The van der Waals surface area contributed by atoms with E-state index in [0.717, 1.165) is 25.7 Å². The molecule has 0 saturated heterocycles. The quantitative estimate of drug-likeness (QED) is 0.237. The number of nitrogens with zero attached hydrogens (tertiary/aromatic N) is 2. The van der Waals surface area contributed by atoms with Gasteiger partial charge in [0.25, 0.3) is 0 Å². The van der Waals surface area contributed by atoms with Crippen LogP contribution < -0.4 is 0 Å². The summed E-state index contributed by atoms with van der Waals surface area (Å²) in [4.78, 5) is 10.2. The van der Waals surface area contributed by atoms with E-state index in [2.05, 4.69) is 47.1 Å². The molecule has 1 aromatic carbocycles. The number of carbonyl (C=O) groups is 1. The Balaban J connectivity index is 2.47. The van der Waals surface area contributed by atoms with E-state index in [9.17, 15) is 4.79 Å². The van der Waals surface area contributed by atoms with Gasteiger partial charge in [0.2, 0.25) is 0 Å². The predicted molar refractivity (Wildman–Crippen MR) is 79.3 cm³/mol. The number of hydrazone groups is 1. The Labute approximate surface area is 111 Å². The fourth-order valence-corrected chi connectivity index (χ4v) is 2.52. The zero-order chi connectivity index (χ0) is 13.2. The number of rotatable bonds is 8. The topological polar surface area (TPSA) is 32.7 Å². The third-order valence-corrected chi connectivity index (χ3v) is 4.18. The maximum atomic E-state index is 10.2. The molecule has 0 bridgehead atoms. The highest BCUT2D eigenvalue weighted by molar-refractivity contribution is 6.52. The first-order valence-electron chi connectivity index (χ1n) is 6.50. The molecule has 0 aliphatic heterocycles. The average molecular weight is 262 g/mol. The first-order valence-corrected chi connectivity index (χ1v) is 9.33. The Bertz CT molecular complexity index is 365. The molecule has 1 aromatic rings. The average Bonchev–Trinajstić information content (AvgIpc) is 2.38. The molecule has 3 nitrogen and oxygen atoms in total. The summed E-state index contributed by atoms with van der Waals surface area (Å²) in [6.07, 6.45) is 5.31. The predicted octanol–water partition coefficient (Wildman–Crippen LogP) is 2.83. The van der Waals surface area contributed by atoms with Crippen molar-refractivity contribution in [2.24, 2.45) is 5.10 Å². The summed E-state index contributed by atoms with van der Waals surface area (Å²) < 4.78 is 2.20. The minimum Gasteiger partial charge on any atom is -0.324 e. The summed E-state index contributed by atoms with van der Waals surface area (Å²) in [7, 11) is -0.948. The van der Waals surface area contributed by atoms with Gasteiger partial charge in [0.05, 0.1) is 6.54 Å². The maximum absolute atomic E-state index is 10.2. The van der Waals surface area contributed by atoms with Crippen LogP contribution in [0.3, 0.4) is 0 Å². The molecular formula is C14H22N2OSi. The van der Waals surface area contributed by atoms with Crippen molar-refractivity contribution in [3.05, 3.63) is 35.9 Å². The Morgan fingerprint density at radius 3 is 2.56 bits per heavy atom. The highest BCUT2D eigenvalue weighted by atomic mass is 28.3. The van der Waals surface area contributed by atoms with Crippen molar-refractivity contribution in [1.82, 2.24) is 4.67 Å². The molecule has 0 saturated carbocycles. The van der Waals surface area contributed by atoms with Crippen LogP contribution in [0.5, 0.6) is 0 Å². The van der Waals surface area contributed by atoms with Crippen LogP contribution in [0.15, 0.2) is 35.4 Å². The SMILES string of the molecule is C[SiH](C)N(Cc1ccccc1)N=CCCCC=O. The molecule has 0 N–H and O–H groups in total. The van der Waals surface area contributed by atoms with Gasteiger partial charge in [0, 0.05) is 12.6 Å². The maximum Gasteiger partial charge on any atom is 0.157 e. The second-order valence-corrected chi connectivity index (χ2v) is 7.36. The molecule has 0 atom stereocenters. The van der Waals surface area contributed by atoms with Gasteiger partial charge in [-0.05, 0) is 18.4 Å². The van der Waals surface area contributed by atoms with Gasteiger partial charge < -0.3 is 9.47 Å². The molecule has 0 heterocycles. The van der Waals surface area contributed by atoms with Crippen molar-refractivity contribution in [3.63, 3.8) is 0 Å². The van der Waals surface area contributed by atoms with Crippen LogP contribution in [-0.4, -0.2) is 26.1 Å².